The molecule has 1 N–H and O–H groups in total. The zero-order valence-electron chi connectivity index (χ0n) is 19.0. The summed E-state index contributed by atoms with van der Waals surface area (Å²) in [5, 5.41) is 13.0. The minimum Gasteiger partial charge on any atom is -0.494 e. The van der Waals surface area contributed by atoms with Crippen LogP contribution in [0.2, 0.25) is 0 Å². The zero-order chi connectivity index (χ0) is 24.5. The van der Waals surface area contributed by atoms with Gasteiger partial charge >= 0.3 is 6.03 Å². The number of unbranched alkanes of at least 4 members (excludes halogenated alkanes) is 5. The number of benzene rings is 2. The Morgan fingerprint density at radius 1 is 0.941 bits per heavy atom. The van der Waals surface area contributed by atoms with Crippen molar-refractivity contribution in [2.24, 2.45) is 0 Å². The summed E-state index contributed by atoms with van der Waals surface area (Å²) < 4.78 is 5.75. The van der Waals surface area contributed by atoms with Gasteiger partial charge in [-0.1, -0.05) is 51.2 Å². The van der Waals surface area contributed by atoms with Crippen molar-refractivity contribution in [1.29, 1.82) is 0 Å². The number of amides is 4. The van der Waals surface area contributed by atoms with Gasteiger partial charge in [0, 0.05) is 12.1 Å². The van der Waals surface area contributed by atoms with Crippen molar-refractivity contribution in [2.75, 3.05) is 11.5 Å². The lowest BCUT2D eigenvalue weighted by atomic mass is 10.1. The first-order valence-corrected chi connectivity index (χ1v) is 11.3. The quantitative estimate of drug-likeness (QED) is 0.164. The smallest absolute Gasteiger partial charge is 0.335 e. The molecule has 1 saturated heterocycles. The second kappa shape index (κ2) is 11.7. The fourth-order valence-corrected chi connectivity index (χ4v) is 3.51. The molecule has 0 atom stereocenters. The summed E-state index contributed by atoms with van der Waals surface area (Å²) in [5.41, 5.74) is 0.298. The molecule has 1 aliphatic heterocycles. The molecule has 0 aromatic heterocycles. The van der Waals surface area contributed by atoms with Gasteiger partial charge in [0.15, 0.2) is 0 Å². The number of carbonyl (C=O) groups is 3. The van der Waals surface area contributed by atoms with Crippen LogP contribution in [0.4, 0.5) is 16.2 Å². The number of non-ortho nitro benzene ring substituents is 1. The highest BCUT2D eigenvalue weighted by atomic mass is 16.6. The second-order valence-corrected chi connectivity index (χ2v) is 7.92. The third-order valence-corrected chi connectivity index (χ3v) is 5.38. The molecule has 4 amide bonds. The molecule has 9 nitrogen and oxygen atoms in total. The van der Waals surface area contributed by atoms with Crippen LogP contribution in [-0.2, 0) is 9.59 Å². The average molecular weight is 466 g/mol. The molecule has 1 fully saturated rings. The van der Waals surface area contributed by atoms with Crippen molar-refractivity contribution in [3.8, 4) is 5.75 Å². The zero-order valence-corrected chi connectivity index (χ0v) is 19.0. The van der Waals surface area contributed by atoms with Gasteiger partial charge in [-0.2, -0.15) is 0 Å². The van der Waals surface area contributed by atoms with Crippen LogP contribution in [-0.4, -0.2) is 29.4 Å². The molecule has 3 rings (SSSR count). The summed E-state index contributed by atoms with van der Waals surface area (Å²) in [6.45, 7) is 2.81. The van der Waals surface area contributed by atoms with Crippen LogP contribution >= 0.6 is 0 Å². The number of hydrogen-bond donors (Lipinski definition) is 1. The molecule has 178 valence electrons. The van der Waals surface area contributed by atoms with E-state index in [1.54, 1.807) is 24.3 Å². The molecular formula is C25H27N3O6. The van der Waals surface area contributed by atoms with Crippen molar-refractivity contribution in [3.63, 3.8) is 0 Å². The first-order valence-electron chi connectivity index (χ1n) is 11.3. The highest BCUT2D eigenvalue weighted by Gasteiger charge is 2.36. The number of anilines is 1. The van der Waals surface area contributed by atoms with Gasteiger partial charge in [-0.25, -0.2) is 9.69 Å². The first-order chi connectivity index (χ1) is 16.4. The summed E-state index contributed by atoms with van der Waals surface area (Å²) >= 11 is 0. The van der Waals surface area contributed by atoms with Gasteiger partial charge in [-0.3, -0.25) is 25.0 Å². The normalized spacial score (nSPS) is 14.9. The summed E-state index contributed by atoms with van der Waals surface area (Å²) in [6.07, 6.45) is 8.44. The molecule has 1 heterocycles. The lowest BCUT2D eigenvalue weighted by Gasteiger charge is -2.26. The van der Waals surface area contributed by atoms with Crippen molar-refractivity contribution < 1.29 is 24.0 Å². The van der Waals surface area contributed by atoms with E-state index in [0.29, 0.717) is 17.9 Å². The molecule has 34 heavy (non-hydrogen) atoms. The summed E-state index contributed by atoms with van der Waals surface area (Å²) in [6, 6.07) is 11.0. The van der Waals surface area contributed by atoms with Crippen molar-refractivity contribution in [2.45, 2.75) is 45.4 Å². The monoisotopic (exact) mass is 465 g/mol. The highest BCUT2D eigenvalue weighted by Crippen LogP contribution is 2.24. The minimum atomic E-state index is -0.917. The molecule has 0 aliphatic carbocycles. The van der Waals surface area contributed by atoms with Gasteiger partial charge in [0.05, 0.1) is 17.2 Å². The number of urea groups is 1. The van der Waals surface area contributed by atoms with Gasteiger partial charge in [0.25, 0.3) is 17.5 Å². The Labute approximate surface area is 197 Å². The van der Waals surface area contributed by atoms with Gasteiger partial charge in [0.2, 0.25) is 0 Å². The molecule has 2 aromatic rings. The van der Waals surface area contributed by atoms with E-state index >= 15 is 0 Å². The topological polar surface area (TPSA) is 119 Å². The molecule has 0 unspecified atom stereocenters. The minimum absolute atomic E-state index is 0.116. The Morgan fingerprint density at radius 3 is 2.24 bits per heavy atom. The number of nitro benzene ring substituents is 1. The maximum absolute atomic E-state index is 12.9. The van der Waals surface area contributed by atoms with Crippen LogP contribution in [0.15, 0.2) is 54.1 Å². The lowest BCUT2D eigenvalue weighted by Crippen LogP contribution is -2.54. The Bertz CT molecular complexity index is 1080. The predicted molar refractivity (Wildman–Crippen MR) is 127 cm³/mol. The third-order valence-electron chi connectivity index (χ3n) is 5.38. The highest BCUT2D eigenvalue weighted by molar-refractivity contribution is 6.39. The number of imide groups is 2. The Balaban J connectivity index is 1.65. The average Bonchev–Trinajstić information content (AvgIpc) is 2.82. The van der Waals surface area contributed by atoms with E-state index in [0.717, 1.165) is 17.7 Å². The summed E-state index contributed by atoms with van der Waals surface area (Å²) in [7, 11) is 0. The number of hydrogen-bond acceptors (Lipinski definition) is 6. The van der Waals surface area contributed by atoms with E-state index in [9.17, 15) is 24.5 Å². The largest absolute Gasteiger partial charge is 0.494 e. The van der Waals surface area contributed by atoms with E-state index < -0.39 is 22.8 Å². The molecule has 1 aliphatic rings. The van der Waals surface area contributed by atoms with Crippen LogP contribution in [0, 0.1) is 10.1 Å². The number of carbonyl (C=O) groups excluding carboxylic acids is 3. The van der Waals surface area contributed by atoms with Gasteiger partial charge in [0.1, 0.15) is 11.3 Å². The molecule has 0 saturated carbocycles. The molecule has 0 radical (unpaired) electrons. The van der Waals surface area contributed by atoms with Crippen molar-refractivity contribution in [3.05, 3.63) is 69.8 Å². The van der Waals surface area contributed by atoms with Crippen LogP contribution < -0.4 is 15.0 Å². The molecular weight excluding hydrogens is 438 g/mol. The van der Waals surface area contributed by atoms with Gasteiger partial charge in [-0.05, 0) is 42.3 Å². The van der Waals surface area contributed by atoms with Crippen molar-refractivity contribution in [1.82, 2.24) is 5.32 Å². The Hall–Kier alpha value is -4.01. The van der Waals surface area contributed by atoms with Gasteiger partial charge in [-0.15, -0.1) is 0 Å². The molecule has 0 bridgehead atoms. The summed E-state index contributed by atoms with van der Waals surface area (Å²) in [4.78, 5) is 48.5. The Morgan fingerprint density at radius 2 is 1.59 bits per heavy atom. The van der Waals surface area contributed by atoms with Crippen LogP contribution in [0.5, 0.6) is 5.75 Å². The fraction of sp³-hybridized carbons (Fsp3) is 0.320. The molecule has 2 aromatic carbocycles. The standard InChI is InChI=1S/C25H27N3O6/c1-2-3-4-5-6-7-16-34-21-14-8-18(9-15-21)17-22-23(29)26-25(31)27(24(22)30)19-10-12-20(13-11-19)28(32)33/h8-15,17H,2-7,16H2,1H3,(H,26,29,31). The number of rotatable bonds is 11. The lowest BCUT2D eigenvalue weighted by molar-refractivity contribution is -0.384. The first kappa shape index (κ1) is 24.6. The molecule has 0 spiro atoms. The maximum Gasteiger partial charge on any atom is 0.335 e. The van der Waals surface area contributed by atoms with Crippen LogP contribution in [0.1, 0.15) is 51.0 Å². The number of nitrogens with one attached hydrogen (secondary N) is 1. The number of ether oxygens (including phenoxy) is 1. The van der Waals surface area contributed by atoms with E-state index in [-0.39, 0.29) is 16.9 Å². The van der Waals surface area contributed by atoms with E-state index in [1.807, 2.05) is 0 Å². The number of barbiturate groups is 1. The van der Waals surface area contributed by atoms with E-state index in [4.69, 9.17) is 4.74 Å². The maximum atomic E-state index is 12.9. The third kappa shape index (κ3) is 6.28. The van der Waals surface area contributed by atoms with Crippen LogP contribution in [0.25, 0.3) is 6.08 Å². The van der Waals surface area contributed by atoms with Gasteiger partial charge < -0.3 is 4.74 Å². The SMILES string of the molecule is CCCCCCCCOc1ccc(C=C2C(=O)NC(=O)N(c3ccc([N+](=O)[O-])cc3)C2=O)cc1. The van der Waals surface area contributed by atoms with Crippen molar-refractivity contribution >= 4 is 35.3 Å². The predicted octanol–water partition coefficient (Wildman–Crippen LogP) is 5.00. The van der Waals surface area contributed by atoms with E-state index in [1.165, 1.54) is 56.0 Å². The summed E-state index contributed by atoms with van der Waals surface area (Å²) in [5.74, 6) is -0.930. The number of nitrogens with zero attached hydrogens (tertiary/aromatic N) is 2. The van der Waals surface area contributed by atoms with Crippen LogP contribution in [0.3, 0.4) is 0 Å². The molecule has 9 heteroatoms. The second-order valence-electron chi connectivity index (χ2n) is 7.92. The number of nitro groups is 1. The Kier molecular flexibility index (Phi) is 8.50. The fourth-order valence-electron chi connectivity index (χ4n) is 3.51. The van der Waals surface area contributed by atoms with E-state index in [2.05, 4.69) is 12.2 Å².